The molecule has 0 fully saturated rings. The van der Waals surface area contributed by atoms with Gasteiger partial charge in [0.15, 0.2) is 0 Å². The van der Waals surface area contributed by atoms with Gasteiger partial charge in [0, 0.05) is 17.5 Å². The molecule has 0 saturated carbocycles. The standard InChI is InChI=1S/C11H13NO.ClH/c1-11(2)7-10(13)12-9-6-4-3-5-8(9)11;/h3-6H,7H2,1-2H3,(H,12,13);1H. The highest BCUT2D eigenvalue weighted by molar-refractivity contribution is 5.95. The van der Waals surface area contributed by atoms with Gasteiger partial charge in [-0.2, -0.15) is 0 Å². The number of para-hydroxylation sites is 1. The van der Waals surface area contributed by atoms with Crippen LogP contribution in [0.15, 0.2) is 24.3 Å². The lowest BCUT2D eigenvalue weighted by molar-refractivity contribution is -0.117. The van der Waals surface area contributed by atoms with Crippen LogP contribution in [0.4, 0.5) is 5.69 Å². The Morgan fingerprint density at radius 2 is 1.93 bits per heavy atom. The Hall–Kier alpha value is -1.02. The summed E-state index contributed by atoms with van der Waals surface area (Å²) in [7, 11) is 0. The predicted molar refractivity (Wildman–Crippen MR) is 60.0 cm³/mol. The highest BCUT2D eigenvalue weighted by Crippen LogP contribution is 2.36. The normalized spacial score (nSPS) is 17.7. The zero-order chi connectivity index (χ0) is 9.47. The lowest BCUT2D eigenvalue weighted by Crippen LogP contribution is -2.32. The summed E-state index contributed by atoms with van der Waals surface area (Å²) in [6.07, 6.45) is 0.573. The molecule has 0 unspecified atom stereocenters. The van der Waals surface area contributed by atoms with Crippen LogP contribution in [0, 0.1) is 0 Å². The highest BCUT2D eigenvalue weighted by atomic mass is 35.5. The van der Waals surface area contributed by atoms with Gasteiger partial charge in [-0.05, 0) is 11.6 Å². The van der Waals surface area contributed by atoms with Crippen molar-refractivity contribution in [3.05, 3.63) is 29.8 Å². The summed E-state index contributed by atoms with van der Waals surface area (Å²) in [5.41, 5.74) is 2.16. The molecular formula is C11H14ClNO. The third-order valence-electron chi connectivity index (χ3n) is 2.53. The number of anilines is 1. The molecule has 0 radical (unpaired) electrons. The Labute approximate surface area is 90.1 Å². The summed E-state index contributed by atoms with van der Waals surface area (Å²) in [4.78, 5) is 11.3. The van der Waals surface area contributed by atoms with Crippen molar-refractivity contribution in [1.29, 1.82) is 0 Å². The molecule has 1 aliphatic heterocycles. The van der Waals surface area contributed by atoms with E-state index in [0.29, 0.717) is 6.42 Å². The van der Waals surface area contributed by atoms with E-state index in [1.54, 1.807) is 0 Å². The van der Waals surface area contributed by atoms with Crippen molar-refractivity contribution in [2.45, 2.75) is 25.7 Å². The van der Waals surface area contributed by atoms with Crippen LogP contribution in [0.5, 0.6) is 0 Å². The molecule has 14 heavy (non-hydrogen) atoms. The zero-order valence-electron chi connectivity index (χ0n) is 8.33. The topological polar surface area (TPSA) is 29.1 Å². The summed E-state index contributed by atoms with van der Waals surface area (Å²) in [5, 5.41) is 2.88. The molecule has 1 amide bonds. The summed E-state index contributed by atoms with van der Waals surface area (Å²) in [6, 6.07) is 7.99. The first-order chi connectivity index (χ1) is 6.09. The van der Waals surface area contributed by atoms with Gasteiger partial charge in [0.05, 0.1) is 0 Å². The van der Waals surface area contributed by atoms with Crippen LogP contribution in [-0.4, -0.2) is 5.91 Å². The average Bonchev–Trinajstić information content (AvgIpc) is 2.02. The summed E-state index contributed by atoms with van der Waals surface area (Å²) in [5.74, 6) is 0.115. The maximum absolute atomic E-state index is 11.3. The number of carbonyl (C=O) groups is 1. The van der Waals surface area contributed by atoms with Crippen LogP contribution in [-0.2, 0) is 10.2 Å². The number of nitrogens with one attached hydrogen (secondary N) is 1. The number of halogens is 1. The lowest BCUT2D eigenvalue weighted by atomic mass is 9.78. The molecule has 0 bridgehead atoms. The van der Waals surface area contributed by atoms with Gasteiger partial charge in [-0.1, -0.05) is 32.0 Å². The van der Waals surface area contributed by atoms with Crippen LogP contribution >= 0.6 is 12.4 Å². The van der Waals surface area contributed by atoms with Crippen molar-refractivity contribution in [2.24, 2.45) is 0 Å². The van der Waals surface area contributed by atoms with E-state index in [-0.39, 0.29) is 23.7 Å². The van der Waals surface area contributed by atoms with E-state index in [1.165, 1.54) is 5.56 Å². The van der Waals surface area contributed by atoms with Crippen molar-refractivity contribution in [1.82, 2.24) is 0 Å². The molecule has 1 N–H and O–H groups in total. The SMILES string of the molecule is CC1(C)CC(=O)Nc2ccccc21.Cl. The Bertz CT molecular complexity index is 360. The molecule has 76 valence electrons. The van der Waals surface area contributed by atoms with Crippen molar-refractivity contribution < 1.29 is 4.79 Å². The fourth-order valence-corrected chi connectivity index (χ4v) is 1.87. The molecule has 0 saturated heterocycles. The number of benzene rings is 1. The second kappa shape index (κ2) is 3.62. The molecule has 2 nitrogen and oxygen atoms in total. The highest BCUT2D eigenvalue weighted by Gasteiger charge is 2.31. The molecular weight excluding hydrogens is 198 g/mol. The molecule has 0 atom stereocenters. The van der Waals surface area contributed by atoms with Crippen molar-refractivity contribution in [3.63, 3.8) is 0 Å². The molecule has 1 aromatic carbocycles. The molecule has 2 rings (SSSR count). The molecule has 0 aromatic heterocycles. The minimum Gasteiger partial charge on any atom is -0.326 e. The fourth-order valence-electron chi connectivity index (χ4n) is 1.87. The van der Waals surface area contributed by atoms with Gasteiger partial charge in [-0.3, -0.25) is 4.79 Å². The number of carbonyl (C=O) groups excluding carboxylic acids is 1. The van der Waals surface area contributed by atoms with Crippen LogP contribution < -0.4 is 5.32 Å². The van der Waals surface area contributed by atoms with Crippen molar-refractivity contribution >= 4 is 24.0 Å². The van der Waals surface area contributed by atoms with E-state index in [1.807, 2.05) is 18.2 Å². The summed E-state index contributed by atoms with van der Waals surface area (Å²) >= 11 is 0. The van der Waals surface area contributed by atoms with Crippen LogP contribution in [0.2, 0.25) is 0 Å². The van der Waals surface area contributed by atoms with E-state index < -0.39 is 0 Å². The first-order valence-corrected chi connectivity index (χ1v) is 4.49. The Morgan fingerprint density at radius 3 is 2.64 bits per heavy atom. The third kappa shape index (κ3) is 1.75. The minimum atomic E-state index is -0.0288. The number of rotatable bonds is 0. The van der Waals surface area contributed by atoms with E-state index in [4.69, 9.17) is 0 Å². The number of amides is 1. The maximum Gasteiger partial charge on any atom is 0.225 e. The van der Waals surface area contributed by atoms with Gasteiger partial charge in [0.25, 0.3) is 0 Å². The number of hydrogen-bond donors (Lipinski definition) is 1. The first-order valence-electron chi connectivity index (χ1n) is 4.49. The van der Waals surface area contributed by atoms with Gasteiger partial charge in [0.1, 0.15) is 0 Å². The van der Waals surface area contributed by atoms with Crippen LogP contribution in [0.25, 0.3) is 0 Å². The number of fused-ring (bicyclic) bond motifs is 1. The Balaban J connectivity index is 0.000000980. The number of hydrogen-bond acceptors (Lipinski definition) is 1. The van der Waals surface area contributed by atoms with Crippen molar-refractivity contribution in [2.75, 3.05) is 5.32 Å². The zero-order valence-corrected chi connectivity index (χ0v) is 9.15. The van der Waals surface area contributed by atoms with Gasteiger partial charge in [-0.25, -0.2) is 0 Å². The van der Waals surface area contributed by atoms with E-state index in [2.05, 4.69) is 25.2 Å². The van der Waals surface area contributed by atoms with E-state index >= 15 is 0 Å². The largest absolute Gasteiger partial charge is 0.326 e. The second-order valence-corrected chi connectivity index (χ2v) is 4.15. The summed E-state index contributed by atoms with van der Waals surface area (Å²) < 4.78 is 0. The van der Waals surface area contributed by atoms with Crippen LogP contribution in [0.1, 0.15) is 25.8 Å². The monoisotopic (exact) mass is 211 g/mol. The maximum atomic E-state index is 11.3. The first kappa shape index (κ1) is 11.1. The third-order valence-corrected chi connectivity index (χ3v) is 2.53. The quantitative estimate of drug-likeness (QED) is 0.703. The molecule has 1 aliphatic rings. The predicted octanol–water partition coefficient (Wildman–Crippen LogP) is 2.73. The van der Waals surface area contributed by atoms with Crippen LogP contribution in [0.3, 0.4) is 0 Å². The molecule has 0 spiro atoms. The smallest absolute Gasteiger partial charge is 0.225 e. The minimum absolute atomic E-state index is 0. The molecule has 1 aromatic rings. The van der Waals surface area contributed by atoms with Gasteiger partial charge < -0.3 is 5.32 Å². The van der Waals surface area contributed by atoms with Gasteiger partial charge in [0.2, 0.25) is 5.91 Å². The lowest BCUT2D eigenvalue weighted by Gasteiger charge is -2.31. The molecule has 0 aliphatic carbocycles. The fraction of sp³-hybridized carbons (Fsp3) is 0.364. The van der Waals surface area contributed by atoms with E-state index in [0.717, 1.165) is 5.69 Å². The van der Waals surface area contributed by atoms with Gasteiger partial charge >= 0.3 is 0 Å². The Morgan fingerprint density at radius 1 is 1.29 bits per heavy atom. The van der Waals surface area contributed by atoms with E-state index in [9.17, 15) is 4.79 Å². The van der Waals surface area contributed by atoms with Gasteiger partial charge in [-0.15, -0.1) is 12.4 Å². The Kier molecular flexibility index (Phi) is 2.86. The van der Waals surface area contributed by atoms with Crippen molar-refractivity contribution in [3.8, 4) is 0 Å². The molecule has 3 heteroatoms. The average molecular weight is 212 g/mol. The second-order valence-electron chi connectivity index (χ2n) is 4.15. The molecule has 1 heterocycles. The summed E-state index contributed by atoms with van der Waals surface area (Å²) in [6.45, 7) is 4.20.